The molecular formula is C21H21F2NO5. The van der Waals surface area contributed by atoms with Gasteiger partial charge in [0, 0.05) is 6.07 Å². The van der Waals surface area contributed by atoms with E-state index >= 15 is 0 Å². The molecule has 29 heavy (non-hydrogen) atoms. The summed E-state index contributed by atoms with van der Waals surface area (Å²) >= 11 is 0. The van der Waals surface area contributed by atoms with Gasteiger partial charge in [0.1, 0.15) is 11.6 Å². The van der Waals surface area contributed by atoms with Crippen molar-refractivity contribution in [1.82, 2.24) is 0 Å². The second-order valence-corrected chi connectivity index (χ2v) is 5.94. The molecule has 0 fully saturated rings. The van der Waals surface area contributed by atoms with Crippen LogP contribution in [0.15, 0.2) is 42.5 Å². The van der Waals surface area contributed by atoms with Crippen LogP contribution in [0.1, 0.15) is 19.4 Å². The van der Waals surface area contributed by atoms with Crippen molar-refractivity contribution in [1.29, 1.82) is 0 Å². The monoisotopic (exact) mass is 405 g/mol. The van der Waals surface area contributed by atoms with Gasteiger partial charge in [-0.25, -0.2) is 13.6 Å². The zero-order valence-electron chi connectivity index (χ0n) is 16.2. The van der Waals surface area contributed by atoms with Gasteiger partial charge in [0.2, 0.25) is 0 Å². The molecule has 6 nitrogen and oxygen atoms in total. The maximum atomic E-state index is 13.6. The third kappa shape index (κ3) is 6.31. The Bertz CT molecular complexity index is 914. The van der Waals surface area contributed by atoms with Crippen LogP contribution in [0, 0.1) is 11.6 Å². The van der Waals surface area contributed by atoms with Crippen molar-refractivity contribution in [2.75, 3.05) is 19.0 Å². The Kier molecular flexibility index (Phi) is 7.70. The molecule has 0 spiro atoms. The standard InChI is InChI=1S/C21H21F2NO5/c1-4-5-14-6-9-18(19(10-14)27-3)28-12-20(25)29-13(2)21(26)24-17-11-15(22)7-8-16(17)23/h4-11,13H,12H2,1-3H3,(H,24,26)/b5-4+/t13-/m0/s1. The fourth-order valence-electron chi connectivity index (χ4n) is 2.35. The Morgan fingerprint density at radius 3 is 2.59 bits per heavy atom. The van der Waals surface area contributed by atoms with Gasteiger partial charge in [-0.1, -0.05) is 18.2 Å². The van der Waals surface area contributed by atoms with Crippen LogP contribution in [0.3, 0.4) is 0 Å². The van der Waals surface area contributed by atoms with Gasteiger partial charge in [-0.3, -0.25) is 4.79 Å². The number of ether oxygens (including phenoxy) is 3. The molecule has 2 rings (SSSR count). The Morgan fingerprint density at radius 2 is 1.90 bits per heavy atom. The highest BCUT2D eigenvalue weighted by molar-refractivity contribution is 5.95. The summed E-state index contributed by atoms with van der Waals surface area (Å²) in [4.78, 5) is 24.0. The van der Waals surface area contributed by atoms with E-state index in [0.29, 0.717) is 11.5 Å². The average Bonchev–Trinajstić information content (AvgIpc) is 2.69. The molecule has 154 valence electrons. The maximum absolute atomic E-state index is 13.6. The van der Waals surface area contributed by atoms with Gasteiger partial charge in [0.15, 0.2) is 24.2 Å². The van der Waals surface area contributed by atoms with Crippen molar-refractivity contribution in [2.24, 2.45) is 0 Å². The lowest BCUT2D eigenvalue weighted by Crippen LogP contribution is -2.32. The average molecular weight is 405 g/mol. The third-order valence-corrected chi connectivity index (χ3v) is 3.76. The molecule has 0 aliphatic rings. The van der Waals surface area contributed by atoms with E-state index in [0.717, 1.165) is 23.8 Å². The number of methoxy groups -OCH3 is 1. The fraction of sp³-hybridized carbons (Fsp3) is 0.238. The molecular weight excluding hydrogens is 384 g/mol. The minimum atomic E-state index is -1.24. The first-order chi connectivity index (χ1) is 13.8. The molecule has 0 heterocycles. The van der Waals surface area contributed by atoms with E-state index in [1.165, 1.54) is 14.0 Å². The number of rotatable bonds is 8. The minimum Gasteiger partial charge on any atom is -0.493 e. The van der Waals surface area contributed by atoms with Gasteiger partial charge in [-0.05, 0) is 43.7 Å². The van der Waals surface area contributed by atoms with Gasteiger partial charge >= 0.3 is 5.97 Å². The quantitative estimate of drug-likeness (QED) is 0.673. The number of hydrogen-bond acceptors (Lipinski definition) is 5. The smallest absolute Gasteiger partial charge is 0.344 e. The van der Waals surface area contributed by atoms with Gasteiger partial charge in [-0.2, -0.15) is 0 Å². The molecule has 0 aliphatic heterocycles. The summed E-state index contributed by atoms with van der Waals surface area (Å²) in [6.45, 7) is 2.72. The lowest BCUT2D eigenvalue weighted by atomic mass is 10.2. The molecule has 2 aromatic rings. The zero-order valence-corrected chi connectivity index (χ0v) is 16.2. The van der Waals surface area contributed by atoms with Crippen molar-refractivity contribution in [2.45, 2.75) is 20.0 Å². The summed E-state index contributed by atoms with van der Waals surface area (Å²) in [5, 5.41) is 2.17. The number of esters is 1. The number of carbonyl (C=O) groups is 2. The Labute approximate surface area is 167 Å². The molecule has 0 saturated carbocycles. The Balaban J connectivity index is 1.91. The van der Waals surface area contributed by atoms with Crippen molar-refractivity contribution < 1.29 is 32.6 Å². The lowest BCUT2D eigenvalue weighted by molar-refractivity contribution is -0.155. The maximum Gasteiger partial charge on any atom is 0.344 e. The first-order valence-electron chi connectivity index (χ1n) is 8.73. The predicted octanol–water partition coefficient (Wildman–Crippen LogP) is 3.96. The Morgan fingerprint density at radius 1 is 1.14 bits per heavy atom. The first kappa shape index (κ1) is 21.9. The predicted molar refractivity (Wildman–Crippen MR) is 104 cm³/mol. The molecule has 0 bridgehead atoms. The topological polar surface area (TPSA) is 73.9 Å². The van der Waals surface area contributed by atoms with E-state index in [1.54, 1.807) is 18.2 Å². The van der Waals surface area contributed by atoms with Crippen LogP contribution >= 0.6 is 0 Å². The molecule has 8 heteroatoms. The van der Waals surface area contributed by atoms with Gasteiger partial charge in [0.25, 0.3) is 5.91 Å². The molecule has 0 radical (unpaired) electrons. The van der Waals surface area contributed by atoms with Crippen molar-refractivity contribution in [3.63, 3.8) is 0 Å². The number of benzene rings is 2. The number of amides is 1. The van der Waals surface area contributed by atoms with Crippen LogP contribution in [-0.4, -0.2) is 31.7 Å². The summed E-state index contributed by atoms with van der Waals surface area (Å²) in [5.41, 5.74) is 0.550. The Hall–Kier alpha value is -3.42. The van der Waals surface area contributed by atoms with Crippen LogP contribution in [-0.2, 0) is 14.3 Å². The molecule has 0 aliphatic carbocycles. The lowest BCUT2D eigenvalue weighted by Gasteiger charge is -2.15. The summed E-state index contributed by atoms with van der Waals surface area (Å²) < 4.78 is 42.3. The summed E-state index contributed by atoms with van der Waals surface area (Å²) in [7, 11) is 1.47. The highest BCUT2D eigenvalue weighted by Crippen LogP contribution is 2.28. The third-order valence-electron chi connectivity index (χ3n) is 3.76. The molecule has 1 atom stereocenters. The van der Waals surface area contributed by atoms with Crippen LogP contribution in [0.4, 0.5) is 14.5 Å². The number of allylic oxidation sites excluding steroid dienone is 1. The minimum absolute atomic E-state index is 0.330. The molecule has 0 unspecified atom stereocenters. The van der Waals surface area contributed by atoms with Crippen LogP contribution in [0.25, 0.3) is 6.08 Å². The van der Waals surface area contributed by atoms with E-state index in [-0.39, 0.29) is 5.69 Å². The van der Waals surface area contributed by atoms with E-state index in [2.05, 4.69) is 5.32 Å². The van der Waals surface area contributed by atoms with Gasteiger partial charge < -0.3 is 19.5 Å². The van der Waals surface area contributed by atoms with E-state index in [1.807, 2.05) is 19.1 Å². The summed E-state index contributed by atoms with van der Waals surface area (Å²) in [5.74, 6) is -2.38. The normalized spacial score (nSPS) is 11.8. The number of anilines is 1. The van der Waals surface area contributed by atoms with Crippen molar-refractivity contribution >= 4 is 23.6 Å². The summed E-state index contributed by atoms with van der Waals surface area (Å²) in [6, 6.07) is 7.80. The number of carbonyl (C=O) groups excluding carboxylic acids is 2. The number of hydrogen-bond donors (Lipinski definition) is 1. The highest BCUT2D eigenvalue weighted by atomic mass is 19.1. The van der Waals surface area contributed by atoms with Gasteiger partial charge in [-0.15, -0.1) is 0 Å². The van der Waals surface area contributed by atoms with E-state index in [9.17, 15) is 18.4 Å². The number of nitrogens with one attached hydrogen (secondary N) is 1. The van der Waals surface area contributed by atoms with Crippen molar-refractivity contribution in [3.05, 3.63) is 59.7 Å². The molecule has 1 N–H and O–H groups in total. The second kappa shape index (κ2) is 10.2. The van der Waals surface area contributed by atoms with Crippen LogP contribution in [0.2, 0.25) is 0 Å². The van der Waals surface area contributed by atoms with Gasteiger partial charge in [0.05, 0.1) is 12.8 Å². The highest BCUT2D eigenvalue weighted by Gasteiger charge is 2.20. The molecule has 0 saturated heterocycles. The fourth-order valence-corrected chi connectivity index (χ4v) is 2.35. The molecule has 0 aromatic heterocycles. The van der Waals surface area contributed by atoms with E-state index in [4.69, 9.17) is 14.2 Å². The second-order valence-electron chi connectivity index (χ2n) is 5.94. The molecule has 2 aromatic carbocycles. The number of halogens is 2. The first-order valence-corrected chi connectivity index (χ1v) is 8.73. The molecule has 1 amide bonds. The largest absolute Gasteiger partial charge is 0.493 e. The van der Waals surface area contributed by atoms with E-state index < -0.39 is 36.2 Å². The van der Waals surface area contributed by atoms with Crippen LogP contribution < -0.4 is 14.8 Å². The zero-order chi connectivity index (χ0) is 21.4. The van der Waals surface area contributed by atoms with Crippen molar-refractivity contribution in [3.8, 4) is 11.5 Å². The summed E-state index contributed by atoms with van der Waals surface area (Å²) in [6.07, 6.45) is 2.50. The van der Waals surface area contributed by atoms with Crippen LogP contribution in [0.5, 0.6) is 11.5 Å². The SMILES string of the molecule is C/C=C/c1ccc(OCC(=O)O[C@@H](C)C(=O)Nc2cc(F)ccc2F)c(OC)c1.